The van der Waals surface area contributed by atoms with Crippen molar-refractivity contribution in [1.82, 2.24) is 9.62 Å². The summed E-state index contributed by atoms with van der Waals surface area (Å²) in [4.78, 5) is 2.20. The summed E-state index contributed by atoms with van der Waals surface area (Å²) in [7, 11) is -3.50. The summed E-state index contributed by atoms with van der Waals surface area (Å²) in [6.07, 6.45) is -0.118. The molecule has 1 heterocycles. The Kier molecular flexibility index (Phi) is 5.93. The van der Waals surface area contributed by atoms with Crippen molar-refractivity contribution in [1.29, 1.82) is 0 Å². The van der Waals surface area contributed by atoms with Crippen molar-refractivity contribution in [3.63, 3.8) is 0 Å². The van der Waals surface area contributed by atoms with Gasteiger partial charge in [-0.15, -0.1) is 0 Å². The SMILES string of the molecule is CCN1CCOC(CNS(=O)(=O)C(C)C(N)=S)C1. The van der Waals surface area contributed by atoms with E-state index in [9.17, 15) is 8.42 Å². The molecule has 2 unspecified atom stereocenters. The molecule has 2 atom stereocenters. The number of rotatable bonds is 6. The molecular weight excluding hydrogens is 274 g/mol. The number of likely N-dealkylation sites (N-methyl/N-ethyl adjacent to an activating group) is 1. The van der Waals surface area contributed by atoms with E-state index in [0.29, 0.717) is 6.61 Å². The lowest BCUT2D eigenvalue weighted by atomic mass is 10.3. The van der Waals surface area contributed by atoms with E-state index < -0.39 is 15.3 Å². The first-order chi connectivity index (χ1) is 8.36. The molecule has 6 nitrogen and oxygen atoms in total. The molecule has 0 spiro atoms. The first-order valence-electron chi connectivity index (χ1n) is 5.98. The Hall–Kier alpha value is -0.280. The Balaban J connectivity index is 2.47. The Morgan fingerprint density at radius 2 is 2.33 bits per heavy atom. The van der Waals surface area contributed by atoms with Crippen LogP contribution in [0.1, 0.15) is 13.8 Å². The first-order valence-corrected chi connectivity index (χ1v) is 7.94. The second-order valence-electron chi connectivity index (χ2n) is 4.32. The minimum absolute atomic E-state index is 0.0257. The highest BCUT2D eigenvalue weighted by atomic mass is 32.2. The molecule has 106 valence electrons. The van der Waals surface area contributed by atoms with Gasteiger partial charge in [0.15, 0.2) is 0 Å². The topological polar surface area (TPSA) is 84.7 Å². The molecule has 0 aromatic heterocycles. The van der Waals surface area contributed by atoms with Crippen molar-refractivity contribution < 1.29 is 13.2 Å². The average molecular weight is 295 g/mol. The van der Waals surface area contributed by atoms with Crippen LogP contribution >= 0.6 is 12.2 Å². The summed E-state index contributed by atoms with van der Waals surface area (Å²) < 4.78 is 31.7. The van der Waals surface area contributed by atoms with Gasteiger partial charge in [-0.2, -0.15) is 0 Å². The van der Waals surface area contributed by atoms with Gasteiger partial charge in [0.2, 0.25) is 10.0 Å². The smallest absolute Gasteiger partial charge is 0.220 e. The minimum atomic E-state index is -3.50. The molecule has 1 fully saturated rings. The van der Waals surface area contributed by atoms with Crippen LogP contribution in [0.5, 0.6) is 0 Å². The zero-order valence-electron chi connectivity index (χ0n) is 10.8. The van der Waals surface area contributed by atoms with Crippen LogP contribution in [0.15, 0.2) is 0 Å². The van der Waals surface area contributed by atoms with Gasteiger partial charge < -0.3 is 10.5 Å². The summed E-state index contributed by atoms with van der Waals surface area (Å²) in [6, 6.07) is 0. The highest BCUT2D eigenvalue weighted by Crippen LogP contribution is 2.05. The predicted molar refractivity (Wildman–Crippen MR) is 75.0 cm³/mol. The zero-order chi connectivity index (χ0) is 13.8. The van der Waals surface area contributed by atoms with E-state index >= 15 is 0 Å². The van der Waals surface area contributed by atoms with Gasteiger partial charge in [-0.05, 0) is 13.5 Å². The van der Waals surface area contributed by atoms with Crippen molar-refractivity contribution in [2.75, 3.05) is 32.8 Å². The third-order valence-electron chi connectivity index (χ3n) is 3.05. The third kappa shape index (κ3) is 4.43. The molecule has 1 rings (SSSR count). The molecule has 8 heteroatoms. The summed E-state index contributed by atoms with van der Waals surface area (Å²) in [5.74, 6) is 0. The molecule has 1 aliphatic heterocycles. The quantitative estimate of drug-likeness (QED) is 0.631. The van der Waals surface area contributed by atoms with E-state index in [4.69, 9.17) is 22.7 Å². The van der Waals surface area contributed by atoms with Gasteiger partial charge in [-0.1, -0.05) is 19.1 Å². The number of sulfonamides is 1. The molecular formula is C10H21N3O3S2. The van der Waals surface area contributed by atoms with Crippen molar-refractivity contribution in [3.8, 4) is 0 Å². The predicted octanol–water partition coefficient (Wildman–Crippen LogP) is -0.699. The molecule has 0 amide bonds. The van der Waals surface area contributed by atoms with Gasteiger partial charge in [0, 0.05) is 19.6 Å². The molecule has 1 saturated heterocycles. The minimum Gasteiger partial charge on any atom is -0.392 e. The molecule has 18 heavy (non-hydrogen) atoms. The van der Waals surface area contributed by atoms with Gasteiger partial charge in [0.05, 0.1) is 17.7 Å². The number of nitrogens with one attached hydrogen (secondary N) is 1. The number of hydrogen-bond donors (Lipinski definition) is 2. The van der Waals surface area contributed by atoms with Crippen molar-refractivity contribution in [2.45, 2.75) is 25.2 Å². The van der Waals surface area contributed by atoms with Crippen LogP contribution in [-0.4, -0.2) is 62.4 Å². The zero-order valence-corrected chi connectivity index (χ0v) is 12.4. The average Bonchev–Trinajstić information content (AvgIpc) is 2.35. The van der Waals surface area contributed by atoms with Crippen LogP contribution in [0.4, 0.5) is 0 Å². The second kappa shape index (κ2) is 6.76. The number of ether oxygens (including phenoxy) is 1. The van der Waals surface area contributed by atoms with E-state index in [0.717, 1.165) is 19.6 Å². The molecule has 0 aromatic carbocycles. The molecule has 0 aliphatic carbocycles. The third-order valence-corrected chi connectivity index (χ3v) is 5.31. The van der Waals surface area contributed by atoms with E-state index in [2.05, 4.69) is 16.5 Å². The van der Waals surface area contributed by atoms with E-state index in [1.54, 1.807) is 0 Å². The van der Waals surface area contributed by atoms with Crippen LogP contribution in [-0.2, 0) is 14.8 Å². The summed E-state index contributed by atoms with van der Waals surface area (Å²) >= 11 is 4.69. The van der Waals surface area contributed by atoms with Gasteiger partial charge >= 0.3 is 0 Å². The highest BCUT2D eigenvalue weighted by molar-refractivity contribution is 7.93. The van der Waals surface area contributed by atoms with Gasteiger partial charge in [0.1, 0.15) is 5.25 Å². The summed E-state index contributed by atoms with van der Waals surface area (Å²) in [5, 5.41) is -0.863. The maximum atomic E-state index is 11.8. The molecule has 3 N–H and O–H groups in total. The highest BCUT2D eigenvalue weighted by Gasteiger charge is 2.26. The number of morpholine rings is 1. The Labute approximate surface area is 114 Å². The lowest BCUT2D eigenvalue weighted by molar-refractivity contribution is -0.0229. The summed E-state index contributed by atoms with van der Waals surface area (Å²) in [5.41, 5.74) is 5.35. The van der Waals surface area contributed by atoms with Crippen LogP contribution in [0.2, 0.25) is 0 Å². The lowest BCUT2D eigenvalue weighted by Crippen LogP contribution is -2.49. The number of thiocarbonyl (C=S) groups is 1. The van der Waals surface area contributed by atoms with Crippen LogP contribution in [0.3, 0.4) is 0 Å². The largest absolute Gasteiger partial charge is 0.392 e. The fraction of sp³-hybridized carbons (Fsp3) is 0.900. The Morgan fingerprint density at radius 1 is 1.67 bits per heavy atom. The fourth-order valence-corrected chi connectivity index (χ4v) is 3.03. The normalized spacial score (nSPS) is 23.8. The number of nitrogens with two attached hydrogens (primary N) is 1. The van der Waals surface area contributed by atoms with Crippen LogP contribution in [0, 0.1) is 0 Å². The summed E-state index contributed by atoms with van der Waals surface area (Å²) in [6.45, 7) is 7.00. The number of hydrogen-bond acceptors (Lipinski definition) is 5. The van der Waals surface area contributed by atoms with E-state index in [1.807, 2.05) is 0 Å². The van der Waals surface area contributed by atoms with Crippen molar-refractivity contribution in [2.24, 2.45) is 5.73 Å². The molecule has 0 radical (unpaired) electrons. The van der Waals surface area contributed by atoms with Crippen molar-refractivity contribution in [3.05, 3.63) is 0 Å². The molecule has 0 saturated carbocycles. The van der Waals surface area contributed by atoms with Gasteiger partial charge in [-0.25, -0.2) is 13.1 Å². The van der Waals surface area contributed by atoms with Gasteiger partial charge in [0.25, 0.3) is 0 Å². The van der Waals surface area contributed by atoms with Crippen LogP contribution < -0.4 is 10.5 Å². The molecule has 0 aromatic rings. The van der Waals surface area contributed by atoms with E-state index in [-0.39, 0.29) is 17.6 Å². The lowest BCUT2D eigenvalue weighted by Gasteiger charge is -2.32. The Bertz CT molecular complexity index is 386. The van der Waals surface area contributed by atoms with E-state index in [1.165, 1.54) is 6.92 Å². The monoisotopic (exact) mass is 295 g/mol. The Morgan fingerprint density at radius 3 is 2.89 bits per heavy atom. The molecule has 1 aliphatic rings. The first kappa shape index (κ1) is 15.8. The van der Waals surface area contributed by atoms with Crippen LogP contribution in [0.25, 0.3) is 0 Å². The van der Waals surface area contributed by atoms with Gasteiger partial charge in [-0.3, -0.25) is 4.90 Å². The fourth-order valence-electron chi connectivity index (χ4n) is 1.68. The molecule has 0 bridgehead atoms. The van der Waals surface area contributed by atoms with Crippen molar-refractivity contribution >= 4 is 27.2 Å². The maximum absolute atomic E-state index is 11.8. The standard InChI is InChI=1S/C10H21N3O3S2/c1-3-13-4-5-16-9(7-13)6-12-18(14,15)8(2)10(11)17/h8-9,12H,3-7H2,1-2H3,(H2,11,17). The maximum Gasteiger partial charge on any atom is 0.220 e. The number of nitrogens with zero attached hydrogens (tertiary/aromatic N) is 1. The second-order valence-corrected chi connectivity index (χ2v) is 6.88.